The number of aromatic nitrogens is 1. The van der Waals surface area contributed by atoms with Crippen LogP contribution in [-0.4, -0.2) is 64.7 Å². The number of benzene rings is 2. The number of aromatic amines is 1. The summed E-state index contributed by atoms with van der Waals surface area (Å²) in [6, 6.07) is 10.9. The number of amides is 3. The summed E-state index contributed by atoms with van der Waals surface area (Å²) in [4.78, 5) is 46.0. The van der Waals surface area contributed by atoms with E-state index in [1.54, 1.807) is 6.07 Å². The van der Waals surface area contributed by atoms with E-state index in [0.717, 1.165) is 36.4 Å². The molecule has 2 aromatic carbocycles. The van der Waals surface area contributed by atoms with Crippen LogP contribution in [0.5, 0.6) is 0 Å². The molecule has 2 saturated heterocycles. The molecule has 3 aliphatic rings. The second kappa shape index (κ2) is 8.74. The number of piperazine rings is 1. The number of fused-ring (bicyclic) bond motifs is 2. The molecule has 3 aromatic rings. The number of aryl methyl sites for hydroxylation is 1. The Labute approximate surface area is 208 Å². The van der Waals surface area contributed by atoms with Gasteiger partial charge in [0.2, 0.25) is 11.8 Å². The van der Waals surface area contributed by atoms with Crippen LogP contribution in [0, 0.1) is 12.7 Å². The van der Waals surface area contributed by atoms with Crippen LogP contribution in [0.1, 0.15) is 40.0 Å². The first-order valence-electron chi connectivity index (χ1n) is 12.4. The van der Waals surface area contributed by atoms with Crippen molar-refractivity contribution in [1.82, 2.24) is 20.1 Å². The number of hydrogen-bond donors (Lipinski definition) is 2. The van der Waals surface area contributed by atoms with Gasteiger partial charge in [-0.05, 0) is 48.7 Å². The van der Waals surface area contributed by atoms with E-state index >= 15 is 4.39 Å². The summed E-state index contributed by atoms with van der Waals surface area (Å²) in [7, 11) is 0. The summed E-state index contributed by atoms with van der Waals surface area (Å²) in [6.07, 6.45) is 0.482. The Bertz CT molecular complexity index is 1390. The van der Waals surface area contributed by atoms with Crippen molar-refractivity contribution in [3.63, 3.8) is 0 Å². The third-order valence-electron chi connectivity index (χ3n) is 7.59. The second-order valence-corrected chi connectivity index (χ2v) is 9.95. The van der Waals surface area contributed by atoms with Gasteiger partial charge in [-0.25, -0.2) is 4.39 Å². The normalized spacial score (nSPS) is 20.8. The average Bonchev–Trinajstić information content (AvgIpc) is 3.39. The van der Waals surface area contributed by atoms with E-state index < -0.39 is 17.8 Å². The fraction of sp³-hybridized carbons (Fsp3) is 0.370. The molecule has 9 heteroatoms. The molecule has 186 valence electrons. The lowest BCUT2D eigenvalue weighted by atomic mass is 10.0. The van der Waals surface area contributed by atoms with Gasteiger partial charge in [0.15, 0.2) is 0 Å². The summed E-state index contributed by atoms with van der Waals surface area (Å²) in [6.45, 7) is 6.12. The Kier molecular flexibility index (Phi) is 5.52. The molecule has 3 aliphatic heterocycles. The van der Waals surface area contributed by atoms with Gasteiger partial charge >= 0.3 is 0 Å². The number of nitrogens with zero attached hydrogens (tertiary/aromatic N) is 3. The molecule has 2 N–H and O–H groups in total. The van der Waals surface area contributed by atoms with Crippen molar-refractivity contribution >= 4 is 34.3 Å². The maximum absolute atomic E-state index is 15.2. The van der Waals surface area contributed by atoms with Crippen LogP contribution in [0.15, 0.2) is 36.4 Å². The van der Waals surface area contributed by atoms with E-state index in [2.05, 4.69) is 46.4 Å². The van der Waals surface area contributed by atoms with Crippen LogP contribution in [0.3, 0.4) is 0 Å². The summed E-state index contributed by atoms with van der Waals surface area (Å²) in [5, 5.41) is 3.54. The molecular formula is C27H28FN5O3. The van der Waals surface area contributed by atoms with Gasteiger partial charge in [0.1, 0.15) is 11.9 Å². The quantitative estimate of drug-likeness (QED) is 0.551. The highest BCUT2D eigenvalue weighted by molar-refractivity contribution is 6.05. The molecule has 0 bridgehead atoms. The van der Waals surface area contributed by atoms with Gasteiger partial charge in [-0.2, -0.15) is 0 Å². The Morgan fingerprint density at radius 2 is 1.86 bits per heavy atom. The fourth-order valence-corrected chi connectivity index (χ4v) is 5.70. The summed E-state index contributed by atoms with van der Waals surface area (Å²) in [5.74, 6) is -1.57. The van der Waals surface area contributed by atoms with E-state index in [0.29, 0.717) is 24.3 Å². The topological polar surface area (TPSA) is 88.8 Å². The maximum Gasteiger partial charge on any atom is 0.255 e. The number of rotatable bonds is 4. The van der Waals surface area contributed by atoms with Crippen molar-refractivity contribution in [2.24, 2.45) is 0 Å². The zero-order valence-electron chi connectivity index (χ0n) is 20.1. The third-order valence-corrected chi connectivity index (χ3v) is 7.59. The van der Waals surface area contributed by atoms with Crippen molar-refractivity contribution in [3.8, 4) is 0 Å². The van der Waals surface area contributed by atoms with E-state index in [-0.39, 0.29) is 31.2 Å². The Hall–Kier alpha value is -3.72. The molecule has 8 nitrogen and oxygen atoms in total. The number of carbonyl (C=O) groups excluding carboxylic acids is 3. The monoisotopic (exact) mass is 489 g/mol. The van der Waals surface area contributed by atoms with Gasteiger partial charge in [-0.3, -0.25) is 24.6 Å². The number of nitrogens with one attached hydrogen (secondary N) is 2. The molecule has 1 unspecified atom stereocenters. The highest BCUT2D eigenvalue weighted by atomic mass is 19.1. The molecule has 4 heterocycles. The molecule has 3 amide bonds. The second-order valence-electron chi connectivity index (χ2n) is 9.95. The smallest absolute Gasteiger partial charge is 0.255 e. The Balaban J connectivity index is 1.15. The lowest BCUT2D eigenvalue weighted by Crippen LogP contribution is -2.52. The summed E-state index contributed by atoms with van der Waals surface area (Å²) < 4.78 is 15.2. The van der Waals surface area contributed by atoms with Gasteiger partial charge in [-0.15, -0.1) is 0 Å². The van der Waals surface area contributed by atoms with E-state index in [9.17, 15) is 14.4 Å². The van der Waals surface area contributed by atoms with Crippen LogP contribution >= 0.6 is 0 Å². The number of H-pyrrole nitrogens is 1. The predicted molar refractivity (Wildman–Crippen MR) is 133 cm³/mol. The van der Waals surface area contributed by atoms with Crippen LogP contribution in [0.25, 0.3) is 10.9 Å². The summed E-state index contributed by atoms with van der Waals surface area (Å²) >= 11 is 0. The van der Waals surface area contributed by atoms with Crippen LogP contribution in [0.4, 0.5) is 10.1 Å². The molecule has 0 spiro atoms. The molecule has 2 fully saturated rings. The molecule has 0 radical (unpaired) electrons. The van der Waals surface area contributed by atoms with Gasteiger partial charge in [0.25, 0.3) is 5.91 Å². The molecule has 0 saturated carbocycles. The summed E-state index contributed by atoms with van der Waals surface area (Å²) in [5.41, 5.74) is 5.08. The van der Waals surface area contributed by atoms with Gasteiger partial charge in [-0.1, -0.05) is 12.1 Å². The van der Waals surface area contributed by atoms with Crippen LogP contribution < -0.4 is 10.2 Å². The number of hydrogen-bond acceptors (Lipinski definition) is 5. The van der Waals surface area contributed by atoms with Gasteiger partial charge < -0.3 is 14.8 Å². The highest BCUT2D eigenvalue weighted by Gasteiger charge is 2.40. The van der Waals surface area contributed by atoms with Crippen molar-refractivity contribution < 1.29 is 18.8 Å². The SMILES string of the molecule is Cc1cc2c(CN3CCN(c4cc5c(cc4F)C(=O)N(C4CCC(=O)NC4=O)C5)CC3)cccc2[nH]1. The number of halogens is 1. The Morgan fingerprint density at radius 3 is 2.64 bits per heavy atom. The van der Waals surface area contributed by atoms with Gasteiger partial charge in [0.05, 0.1) is 5.69 Å². The zero-order chi connectivity index (χ0) is 25.0. The number of carbonyl (C=O) groups is 3. The minimum atomic E-state index is -0.703. The molecule has 0 aliphatic carbocycles. The first-order chi connectivity index (χ1) is 17.4. The van der Waals surface area contributed by atoms with Crippen molar-refractivity contribution in [2.45, 2.75) is 38.9 Å². The van der Waals surface area contributed by atoms with Crippen LogP contribution in [-0.2, 0) is 22.7 Å². The number of anilines is 1. The number of piperidine rings is 1. The number of imide groups is 1. The minimum absolute atomic E-state index is 0.193. The highest BCUT2D eigenvalue weighted by Crippen LogP contribution is 2.33. The largest absolute Gasteiger partial charge is 0.367 e. The lowest BCUT2D eigenvalue weighted by molar-refractivity contribution is -0.136. The first-order valence-corrected chi connectivity index (χ1v) is 12.4. The Morgan fingerprint density at radius 1 is 1.06 bits per heavy atom. The minimum Gasteiger partial charge on any atom is -0.367 e. The maximum atomic E-state index is 15.2. The molecule has 6 rings (SSSR count). The third kappa shape index (κ3) is 3.93. The molecule has 1 aromatic heterocycles. The molecule has 36 heavy (non-hydrogen) atoms. The van der Waals surface area contributed by atoms with Crippen molar-refractivity contribution in [1.29, 1.82) is 0 Å². The van der Waals surface area contributed by atoms with Crippen molar-refractivity contribution in [2.75, 3.05) is 31.1 Å². The van der Waals surface area contributed by atoms with Crippen LogP contribution in [0.2, 0.25) is 0 Å². The predicted octanol–water partition coefficient (Wildman–Crippen LogP) is 2.70. The van der Waals surface area contributed by atoms with E-state index in [1.807, 2.05) is 4.90 Å². The molecule has 1 atom stereocenters. The standard InChI is InChI=1S/C27H28FN5O3/c1-16-11-19-17(3-2-4-22(19)29-16)14-31-7-9-32(10-8-31)24-12-18-15-33(27(36)20(18)13-21(24)28)23-5-6-25(34)30-26(23)35/h2-4,11-13,23,29H,5-10,14-15H2,1H3,(H,30,34,35). The molecular weight excluding hydrogens is 461 g/mol. The van der Waals surface area contributed by atoms with Gasteiger partial charge in [0, 0.05) is 67.8 Å². The van der Waals surface area contributed by atoms with E-state index in [1.165, 1.54) is 21.9 Å². The van der Waals surface area contributed by atoms with Crippen molar-refractivity contribution in [3.05, 3.63) is 64.6 Å². The fourth-order valence-electron chi connectivity index (χ4n) is 5.70. The zero-order valence-corrected chi connectivity index (χ0v) is 20.1. The average molecular weight is 490 g/mol. The lowest BCUT2D eigenvalue weighted by Gasteiger charge is -2.36. The first kappa shape index (κ1) is 22.7. The van der Waals surface area contributed by atoms with E-state index in [4.69, 9.17) is 0 Å².